The lowest BCUT2D eigenvalue weighted by atomic mass is 9.92. The second kappa shape index (κ2) is 13.1. The van der Waals surface area contributed by atoms with Gasteiger partial charge >= 0.3 is 0 Å². The van der Waals surface area contributed by atoms with E-state index in [0.717, 1.165) is 32.0 Å². The van der Waals surface area contributed by atoms with Crippen LogP contribution in [-0.4, -0.2) is 63.2 Å². The van der Waals surface area contributed by atoms with Gasteiger partial charge in [-0.2, -0.15) is 0 Å². The van der Waals surface area contributed by atoms with E-state index in [4.69, 9.17) is 0 Å². The fraction of sp³-hybridized carbons (Fsp3) is 0.265. The summed E-state index contributed by atoms with van der Waals surface area (Å²) in [5.41, 5.74) is 3.45. The lowest BCUT2D eigenvalue weighted by Crippen LogP contribution is -2.45. The molecule has 13 heteroatoms. The summed E-state index contributed by atoms with van der Waals surface area (Å²) in [6.07, 6.45) is 1.52. The lowest BCUT2D eigenvalue weighted by Gasteiger charge is -2.30. The van der Waals surface area contributed by atoms with Gasteiger partial charge in [0.2, 0.25) is 11.8 Å². The van der Waals surface area contributed by atoms with Crippen LogP contribution in [-0.2, 0) is 16.1 Å². The van der Waals surface area contributed by atoms with E-state index in [1.165, 1.54) is 36.4 Å². The van der Waals surface area contributed by atoms with Crippen LogP contribution in [0.15, 0.2) is 54.6 Å². The smallest absolute Gasteiger partial charge is 0.288 e. The van der Waals surface area contributed by atoms with Crippen molar-refractivity contribution in [2.24, 2.45) is 0 Å². The Morgan fingerprint density at radius 1 is 0.915 bits per heavy atom. The summed E-state index contributed by atoms with van der Waals surface area (Å²) in [6, 6.07) is 12.6. The molecule has 4 N–H and O–H groups in total. The highest BCUT2D eigenvalue weighted by Gasteiger charge is 2.31. The first-order valence-electron chi connectivity index (χ1n) is 15.4. The maximum absolute atomic E-state index is 15.5. The van der Waals surface area contributed by atoms with Crippen molar-refractivity contribution in [1.29, 1.82) is 0 Å². The molecule has 0 saturated carbocycles. The number of anilines is 2. The first-order chi connectivity index (χ1) is 22.6. The molecule has 1 aromatic heterocycles. The largest absolute Gasteiger partial charge is 0.348 e. The standard InChI is InChI=1S/C34H33F2N7O4/c1-3-43(42-14-4-5-15-42)34(47)31-19(2)38-32(41-31)25-13-12-23(26-18-37-33(46)30(25)26)24-11-10-22(16-27(24)36)40-29(45)17-28(44)39-21-8-6-20(35)7-9-21/h6-13,16H,3-5,14-15,17-18H2,1-2H3,(H,37,46)(H,38,41)(H,39,44)(H,40,45). The molecule has 4 aromatic rings. The van der Waals surface area contributed by atoms with Gasteiger partial charge in [-0.3, -0.25) is 24.2 Å². The molecule has 1 saturated heterocycles. The summed E-state index contributed by atoms with van der Waals surface area (Å²) in [4.78, 5) is 59.0. The quantitative estimate of drug-likeness (QED) is 0.190. The van der Waals surface area contributed by atoms with E-state index in [9.17, 15) is 23.6 Å². The summed E-state index contributed by atoms with van der Waals surface area (Å²) >= 11 is 0. The molecule has 6 rings (SSSR count). The van der Waals surface area contributed by atoms with Crippen molar-refractivity contribution >= 4 is 35.0 Å². The highest BCUT2D eigenvalue weighted by atomic mass is 19.1. The Morgan fingerprint density at radius 2 is 1.55 bits per heavy atom. The van der Waals surface area contributed by atoms with Crippen molar-refractivity contribution in [3.8, 4) is 22.5 Å². The number of aromatic nitrogens is 2. The van der Waals surface area contributed by atoms with Crippen LogP contribution in [0.5, 0.6) is 0 Å². The van der Waals surface area contributed by atoms with Crippen LogP contribution in [0.3, 0.4) is 0 Å². The van der Waals surface area contributed by atoms with Crippen molar-refractivity contribution in [2.45, 2.75) is 39.7 Å². The highest BCUT2D eigenvalue weighted by Crippen LogP contribution is 2.37. The van der Waals surface area contributed by atoms with Gasteiger partial charge in [0.25, 0.3) is 11.8 Å². The van der Waals surface area contributed by atoms with Crippen LogP contribution in [0, 0.1) is 18.6 Å². The number of amides is 4. The number of carbonyl (C=O) groups is 4. The van der Waals surface area contributed by atoms with Crippen molar-refractivity contribution < 1.29 is 28.0 Å². The number of H-pyrrole nitrogens is 1. The van der Waals surface area contributed by atoms with Crippen LogP contribution in [0.2, 0.25) is 0 Å². The second-order valence-electron chi connectivity index (χ2n) is 11.4. The predicted molar refractivity (Wildman–Crippen MR) is 171 cm³/mol. The molecule has 2 aliphatic heterocycles. The monoisotopic (exact) mass is 641 g/mol. The molecule has 4 amide bonds. The summed E-state index contributed by atoms with van der Waals surface area (Å²) in [6.45, 7) is 5.99. The SMILES string of the molecule is CCN(C(=O)c1nc(-c2ccc(-c3ccc(NC(=O)CC(=O)Nc4ccc(F)cc4)cc3F)c3c2C(=O)NC3)[nH]c1C)N1CCCC1. The van der Waals surface area contributed by atoms with E-state index in [-0.39, 0.29) is 35.3 Å². The number of carbonyl (C=O) groups excluding carboxylic acids is 4. The van der Waals surface area contributed by atoms with Crippen molar-refractivity contribution in [3.05, 3.63) is 88.7 Å². The second-order valence-corrected chi connectivity index (χ2v) is 11.4. The normalized spacial score (nSPS) is 14.1. The molecule has 1 fully saturated rings. The Hall–Kier alpha value is -5.43. The molecular weight excluding hydrogens is 608 g/mol. The number of nitrogens with one attached hydrogen (secondary N) is 4. The van der Waals surface area contributed by atoms with Gasteiger partial charge in [0.05, 0.1) is 5.56 Å². The number of aromatic amines is 1. The number of hydrazine groups is 1. The molecule has 11 nitrogen and oxygen atoms in total. The van der Waals surface area contributed by atoms with E-state index in [2.05, 4.69) is 25.9 Å². The number of nitrogens with zero attached hydrogens (tertiary/aromatic N) is 3. The maximum atomic E-state index is 15.5. The van der Waals surface area contributed by atoms with Crippen LogP contribution < -0.4 is 16.0 Å². The number of rotatable bonds is 9. The van der Waals surface area contributed by atoms with Crippen molar-refractivity contribution in [2.75, 3.05) is 30.3 Å². The molecule has 0 unspecified atom stereocenters. The van der Waals surface area contributed by atoms with E-state index in [1.807, 2.05) is 11.9 Å². The Bertz CT molecular complexity index is 1880. The Balaban J connectivity index is 1.21. The van der Waals surface area contributed by atoms with Crippen LogP contribution >= 0.6 is 0 Å². The zero-order chi connectivity index (χ0) is 33.2. The molecule has 0 bridgehead atoms. The zero-order valence-corrected chi connectivity index (χ0v) is 25.9. The maximum Gasteiger partial charge on any atom is 0.288 e. The number of hydrogen-bond donors (Lipinski definition) is 4. The third kappa shape index (κ3) is 6.47. The van der Waals surface area contributed by atoms with Gasteiger partial charge in [0.15, 0.2) is 5.69 Å². The first kappa shape index (κ1) is 31.5. The molecule has 3 aromatic carbocycles. The van der Waals surface area contributed by atoms with Crippen LogP contribution in [0.1, 0.15) is 58.3 Å². The van der Waals surface area contributed by atoms with Gasteiger partial charge < -0.3 is 20.9 Å². The number of benzene rings is 3. The number of hydrogen-bond acceptors (Lipinski definition) is 6. The van der Waals surface area contributed by atoms with Gasteiger partial charge in [-0.1, -0.05) is 6.07 Å². The van der Waals surface area contributed by atoms with Gasteiger partial charge in [0, 0.05) is 54.4 Å². The van der Waals surface area contributed by atoms with E-state index in [0.29, 0.717) is 46.0 Å². The highest BCUT2D eigenvalue weighted by molar-refractivity contribution is 6.08. The Morgan fingerprint density at radius 3 is 2.23 bits per heavy atom. The Kier molecular flexibility index (Phi) is 8.81. The Labute approximate surface area is 269 Å². The van der Waals surface area contributed by atoms with Gasteiger partial charge in [-0.25, -0.2) is 18.8 Å². The molecule has 47 heavy (non-hydrogen) atoms. The molecule has 3 heterocycles. The van der Waals surface area contributed by atoms with E-state index >= 15 is 4.39 Å². The van der Waals surface area contributed by atoms with Crippen molar-refractivity contribution in [1.82, 2.24) is 25.3 Å². The van der Waals surface area contributed by atoms with Gasteiger partial charge in [-0.15, -0.1) is 0 Å². The molecule has 242 valence electrons. The molecule has 0 atom stereocenters. The van der Waals surface area contributed by atoms with Crippen molar-refractivity contribution in [3.63, 3.8) is 0 Å². The zero-order valence-electron chi connectivity index (χ0n) is 25.9. The van der Waals surface area contributed by atoms with E-state index < -0.39 is 29.9 Å². The number of aryl methyl sites for hydroxylation is 1. The topological polar surface area (TPSA) is 140 Å². The lowest BCUT2D eigenvalue weighted by molar-refractivity contribution is -0.123. The van der Waals surface area contributed by atoms with Gasteiger partial charge in [0.1, 0.15) is 23.9 Å². The minimum absolute atomic E-state index is 0.145. The molecular formula is C34H33F2N7O4. The first-order valence-corrected chi connectivity index (χ1v) is 15.4. The average molecular weight is 642 g/mol. The molecule has 2 aliphatic rings. The fourth-order valence-corrected chi connectivity index (χ4v) is 6.03. The summed E-state index contributed by atoms with van der Waals surface area (Å²) in [5.74, 6) is -2.56. The van der Waals surface area contributed by atoms with Crippen LogP contribution in [0.25, 0.3) is 22.5 Å². The number of fused-ring (bicyclic) bond motifs is 1. The summed E-state index contributed by atoms with van der Waals surface area (Å²) in [5, 5.41) is 11.6. The predicted octanol–water partition coefficient (Wildman–Crippen LogP) is 5.01. The number of halogens is 2. The minimum Gasteiger partial charge on any atom is -0.348 e. The number of imidazole rings is 1. The molecule has 0 radical (unpaired) electrons. The fourth-order valence-electron chi connectivity index (χ4n) is 6.03. The minimum atomic E-state index is -0.661. The summed E-state index contributed by atoms with van der Waals surface area (Å²) in [7, 11) is 0. The average Bonchev–Trinajstić information content (AvgIpc) is 3.80. The van der Waals surface area contributed by atoms with Crippen LogP contribution in [0.4, 0.5) is 20.2 Å². The third-order valence-corrected chi connectivity index (χ3v) is 8.26. The molecule has 0 spiro atoms. The van der Waals surface area contributed by atoms with Gasteiger partial charge in [-0.05, 0) is 86.3 Å². The summed E-state index contributed by atoms with van der Waals surface area (Å²) < 4.78 is 28.6. The molecule has 0 aliphatic carbocycles. The van der Waals surface area contributed by atoms with E-state index in [1.54, 1.807) is 24.1 Å². The third-order valence-electron chi connectivity index (χ3n) is 8.26.